The van der Waals surface area contributed by atoms with Crippen LogP contribution in [0.15, 0.2) is 29.6 Å². The summed E-state index contributed by atoms with van der Waals surface area (Å²) in [7, 11) is 0. The van der Waals surface area contributed by atoms with Crippen LogP contribution in [0.1, 0.15) is 25.3 Å². The van der Waals surface area contributed by atoms with Crippen LogP contribution in [0.2, 0.25) is 0 Å². The topological polar surface area (TPSA) is 52.2 Å². The van der Waals surface area contributed by atoms with E-state index in [2.05, 4.69) is 28.7 Å². The SMILES string of the molecule is Cc1c[nH]c2nccc(N3C=C(C(=O)N4CCCC(C)C4)SCC3)c12. The van der Waals surface area contributed by atoms with Crippen molar-refractivity contribution in [3.8, 4) is 0 Å². The van der Waals surface area contributed by atoms with E-state index in [1.54, 1.807) is 11.8 Å². The van der Waals surface area contributed by atoms with E-state index in [9.17, 15) is 4.79 Å². The largest absolute Gasteiger partial charge is 0.346 e. The molecule has 25 heavy (non-hydrogen) atoms. The first-order chi connectivity index (χ1) is 12.1. The third-order valence-corrected chi connectivity index (χ3v) is 6.05. The van der Waals surface area contributed by atoms with Crippen molar-refractivity contribution in [3.63, 3.8) is 0 Å². The number of carbonyl (C=O) groups is 1. The van der Waals surface area contributed by atoms with E-state index in [1.807, 2.05) is 29.6 Å². The van der Waals surface area contributed by atoms with Crippen molar-refractivity contribution in [2.75, 3.05) is 30.3 Å². The average molecular weight is 356 g/mol. The molecule has 6 heteroatoms. The van der Waals surface area contributed by atoms with Crippen molar-refractivity contribution < 1.29 is 4.79 Å². The molecule has 1 fully saturated rings. The number of rotatable bonds is 2. The van der Waals surface area contributed by atoms with Gasteiger partial charge in [0.1, 0.15) is 5.65 Å². The lowest BCUT2D eigenvalue weighted by atomic mass is 10.0. The molecule has 0 bridgehead atoms. The van der Waals surface area contributed by atoms with E-state index in [4.69, 9.17) is 0 Å². The molecule has 0 aromatic carbocycles. The summed E-state index contributed by atoms with van der Waals surface area (Å²) >= 11 is 1.68. The number of fused-ring (bicyclic) bond motifs is 1. The number of amides is 1. The van der Waals surface area contributed by atoms with Gasteiger partial charge in [-0.3, -0.25) is 4.79 Å². The molecule has 1 amide bonds. The fourth-order valence-corrected chi connectivity index (χ4v) is 4.73. The molecular formula is C19H24N4OS. The van der Waals surface area contributed by atoms with Crippen molar-refractivity contribution in [1.82, 2.24) is 14.9 Å². The third-order valence-electron chi connectivity index (χ3n) is 5.08. The van der Waals surface area contributed by atoms with Gasteiger partial charge in [-0.2, -0.15) is 0 Å². The molecule has 132 valence electrons. The lowest BCUT2D eigenvalue weighted by Crippen LogP contribution is -2.40. The number of aromatic nitrogens is 2. The summed E-state index contributed by atoms with van der Waals surface area (Å²) in [5.74, 6) is 1.72. The minimum Gasteiger partial charge on any atom is -0.346 e. The van der Waals surface area contributed by atoms with E-state index in [-0.39, 0.29) is 5.91 Å². The number of carbonyl (C=O) groups excluding carboxylic acids is 1. The van der Waals surface area contributed by atoms with Crippen LogP contribution in [0, 0.1) is 12.8 Å². The number of aryl methyl sites for hydroxylation is 1. The van der Waals surface area contributed by atoms with E-state index in [1.165, 1.54) is 12.0 Å². The molecule has 1 unspecified atom stereocenters. The standard InChI is InChI=1S/C19H24N4OS/c1-13-4-3-7-23(11-13)19(24)16-12-22(8-9-25-16)15-5-6-20-18-17(15)14(2)10-21-18/h5-6,10,12-13H,3-4,7-9,11H2,1-2H3,(H,20,21). The molecule has 4 rings (SSSR count). The highest BCUT2D eigenvalue weighted by Gasteiger charge is 2.26. The van der Waals surface area contributed by atoms with Gasteiger partial charge in [0.15, 0.2) is 0 Å². The Morgan fingerprint density at radius 2 is 2.28 bits per heavy atom. The summed E-state index contributed by atoms with van der Waals surface area (Å²) in [6.07, 6.45) is 8.20. The molecule has 4 heterocycles. The Hall–Kier alpha value is -1.95. The second kappa shape index (κ2) is 6.75. The van der Waals surface area contributed by atoms with Gasteiger partial charge in [0.05, 0.1) is 10.6 Å². The number of likely N-dealkylation sites (tertiary alicyclic amines) is 1. The maximum atomic E-state index is 12.9. The van der Waals surface area contributed by atoms with Crippen LogP contribution in [0.5, 0.6) is 0 Å². The molecule has 0 radical (unpaired) electrons. The number of pyridine rings is 1. The highest BCUT2D eigenvalue weighted by atomic mass is 32.2. The van der Waals surface area contributed by atoms with Gasteiger partial charge in [-0.1, -0.05) is 6.92 Å². The third kappa shape index (κ3) is 3.15. The molecule has 1 N–H and O–H groups in total. The number of anilines is 1. The molecule has 2 aromatic rings. The Morgan fingerprint density at radius 3 is 3.12 bits per heavy atom. The fourth-order valence-electron chi connectivity index (χ4n) is 3.77. The Bertz CT molecular complexity index is 828. The number of nitrogens with zero attached hydrogens (tertiary/aromatic N) is 3. The molecule has 2 aliphatic rings. The fraction of sp³-hybridized carbons (Fsp3) is 0.474. The smallest absolute Gasteiger partial charge is 0.261 e. The second-order valence-electron chi connectivity index (χ2n) is 7.06. The summed E-state index contributed by atoms with van der Waals surface area (Å²) < 4.78 is 0. The molecule has 5 nitrogen and oxygen atoms in total. The maximum absolute atomic E-state index is 12.9. The van der Waals surface area contributed by atoms with Crippen molar-refractivity contribution in [2.45, 2.75) is 26.7 Å². The molecule has 0 aliphatic carbocycles. The number of H-pyrrole nitrogens is 1. The minimum atomic E-state index is 0.192. The zero-order valence-corrected chi connectivity index (χ0v) is 15.6. The first-order valence-electron chi connectivity index (χ1n) is 8.96. The summed E-state index contributed by atoms with van der Waals surface area (Å²) in [4.78, 5) is 25.7. The molecule has 1 atom stereocenters. The van der Waals surface area contributed by atoms with Crippen LogP contribution in [0.3, 0.4) is 0 Å². The van der Waals surface area contributed by atoms with Crippen molar-refractivity contribution in [3.05, 3.63) is 35.1 Å². The molecule has 0 saturated carbocycles. The Balaban J connectivity index is 1.64. The first-order valence-corrected chi connectivity index (χ1v) is 9.95. The lowest BCUT2D eigenvalue weighted by molar-refractivity contribution is -0.128. The zero-order valence-electron chi connectivity index (χ0n) is 14.8. The Morgan fingerprint density at radius 1 is 1.40 bits per heavy atom. The highest BCUT2D eigenvalue weighted by molar-refractivity contribution is 8.04. The van der Waals surface area contributed by atoms with Crippen molar-refractivity contribution in [2.24, 2.45) is 5.92 Å². The van der Waals surface area contributed by atoms with E-state index in [0.29, 0.717) is 5.92 Å². The van der Waals surface area contributed by atoms with Gasteiger partial charge in [0.25, 0.3) is 5.91 Å². The van der Waals surface area contributed by atoms with Crippen LogP contribution in [0.4, 0.5) is 5.69 Å². The summed E-state index contributed by atoms with van der Waals surface area (Å²) in [5, 5.41) is 1.14. The first kappa shape index (κ1) is 16.5. The number of hydrogen-bond acceptors (Lipinski definition) is 4. The van der Waals surface area contributed by atoms with E-state index >= 15 is 0 Å². The zero-order chi connectivity index (χ0) is 17.4. The summed E-state index contributed by atoms with van der Waals surface area (Å²) in [6.45, 7) is 7.00. The monoisotopic (exact) mass is 356 g/mol. The van der Waals surface area contributed by atoms with Gasteiger partial charge < -0.3 is 14.8 Å². The molecule has 2 aliphatic heterocycles. The van der Waals surface area contributed by atoms with Crippen LogP contribution >= 0.6 is 11.8 Å². The molecule has 2 aromatic heterocycles. The summed E-state index contributed by atoms with van der Waals surface area (Å²) in [5.41, 5.74) is 3.21. The predicted octanol–water partition coefficient (Wildman–Crippen LogP) is 3.52. The number of hydrogen-bond donors (Lipinski definition) is 1. The number of aromatic amines is 1. The minimum absolute atomic E-state index is 0.192. The molecule has 1 saturated heterocycles. The summed E-state index contributed by atoms with van der Waals surface area (Å²) in [6, 6.07) is 2.04. The van der Waals surface area contributed by atoms with Crippen molar-refractivity contribution >= 4 is 34.4 Å². The van der Waals surface area contributed by atoms with Crippen LogP contribution in [-0.4, -0.2) is 46.2 Å². The molecular weight excluding hydrogens is 332 g/mol. The highest BCUT2D eigenvalue weighted by Crippen LogP contribution is 2.33. The van der Waals surface area contributed by atoms with Crippen molar-refractivity contribution in [1.29, 1.82) is 0 Å². The van der Waals surface area contributed by atoms with E-state index < -0.39 is 0 Å². The number of piperidine rings is 1. The normalized spacial score (nSPS) is 21.5. The van der Waals surface area contributed by atoms with Gasteiger partial charge >= 0.3 is 0 Å². The molecule has 0 spiro atoms. The van der Waals surface area contributed by atoms with Gasteiger partial charge in [-0.05, 0) is 37.3 Å². The van der Waals surface area contributed by atoms with Gasteiger partial charge in [0.2, 0.25) is 0 Å². The van der Waals surface area contributed by atoms with Crippen LogP contribution in [0.25, 0.3) is 11.0 Å². The van der Waals surface area contributed by atoms with E-state index in [0.717, 1.165) is 53.4 Å². The van der Waals surface area contributed by atoms with Gasteiger partial charge in [-0.15, -0.1) is 11.8 Å². The second-order valence-corrected chi connectivity index (χ2v) is 8.20. The quantitative estimate of drug-likeness (QED) is 0.894. The Labute approximate surface area is 152 Å². The van der Waals surface area contributed by atoms with Gasteiger partial charge in [0, 0.05) is 49.4 Å². The number of nitrogens with one attached hydrogen (secondary N) is 1. The number of thioether (sulfide) groups is 1. The lowest BCUT2D eigenvalue weighted by Gasteiger charge is -2.33. The van der Waals surface area contributed by atoms with Crippen LogP contribution < -0.4 is 4.90 Å². The van der Waals surface area contributed by atoms with Gasteiger partial charge in [-0.25, -0.2) is 4.98 Å². The predicted molar refractivity (Wildman–Crippen MR) is 104 cm³/mol. The maximum Gasteiger partial charge on any atom is 0.261 e. The van der Waals surface area contributed by atoms with Crippen LogP contribution in [-0.2, 0) is 4.79 Å². The Kier molecular flexibility index (Phi) is 4.46. The average Bonchev–Trinajstić information content (AvgIpc) is 3.02.